The molecule has 2 N–H and O–H groups in total. The number of carbonyl (C=O) groups excluding carboxylic acids is 1. The van der Waals surface area contributed by atoms with Gasteiger partial charge in [-0.25, -0.2) is 0 Å². The Balaban J connectivity index is 1.98. The number of carbonyl (C=O) groups is 1. The summed E-state index contributed by atoms with van der Waals surface area (Å²) in [6.45, 7) is 0.331. The number of amides is 1. The van der Waals surface area contributed by atoms with Crippen molar-refractivity contribution in [3.63, 3.8) is 0 Å². The number of aliphatic hydroxyl groups is 1. The molecular weight excluding hydrogens is 263 g/mol. The van der Waals surface area contributed by atoms with Crippen molar-refractivity contribution in [3.8, 4) is 0 Å². The summed E-state index contributed by atoms with van der Waals surface area (Å²) in [4.78, 5) is 16.1. The lowest BCUT2D eigenvalue weighted by atomic mass is 10.2. The van der Waals surface area contributed by atoms with Crippen LogP contribution in [0.25, 0.3) is 0 Å². The average Bonchev–Trinajstić information content (AvgIpc) is 3.06. The summed E-state index contributed by atoms with van der Waals surface area (Å²) in [5.74, 6) is 0.125. The Hall–Kier alpha value is -0.710. The SMILES string of the molecule is CN(CC(O)C1CC1)C(=O)c1cc(Cl)c(Cl)[nH]1. The fraction of sp³-hybridized carbons (Fsp3) is 0.545. The molecule has 1 aliphatic rings. The highest BCUT2D eigenvalue weighted by molar-refractivity contribution is 6.41. The minimum atomic E-state index is -0.440. The van der Waals surface area contributed by atoms with Gasteiger partial charge in [-0.15, -0.1) is 0 Å². The van der Waals surface area contributed by atoms with Gasteiger partial charge in [0, 0.05) is 13.6 Å². The van der Waals surface area contributed by atoms with Crippen LogP contribution in [0.4, 0.5) is 0 Å². The van der Waals surface area contributed by atoms with E-state index in [1.807, 2.05) is 0 Å². The first-order chi connectivity index (χ1) is 7.99. The topological polar surface area (TPSA) is 56.3 Å². The van der Waals surface area contributed by atoms with E-state index in [4.69, 9.17) is 23.2 Å². The molecule has 94 valence electrons. The van der Waals surface area contributed by atoms with E-state index in [1.165, 1.54) is 11.0 Å². The number of H-pyrrole nitrogens is 1. The van der Waals surface area contributed by atoms with Crippen LogP contribution >= 0.6 is 23.2 Å². The van der Waals surface area contributed by atoms with Crippen LogP contribution in [0.2, 0.25) is 10.2 Å². The van der Waals surface area contributed by atoms with Crippen LogP contribution in [0.1, 0.15) is 23.3 Å². The number of nitrogens with zero attached hydrogens (tertiary/aromatic N) is 1. The van der Waals surface area contributed by atoms with Crippen LogP contribution in [0.3, 0.4) is 0 Å². The van der Waals surface area contributed by atoms with Gasteiger partial charge < -0.3 is 15.0 Å². The maximum atomic E-state index is 12.0. The molecule has 0 aromatic carbocycles. The van der Waals surface area contributed by atoms with E-state index in [0.717, 1.165) is 12.8 Å². The van der Waals surface area contributed by atoms with Gasteiger partial charge in [-0.05, 0) is 24.8 Å². The van der Waals surface area contributed by atoms with Gasteiger partial charge in [0.25, 0.3) is 5.91 Å². The second-order valence-corrected chi connectivity index (χ2v) is 5.22. The number of aromatic amines is 1. The lowest BCUT2D eigenvalue weighted by molar-refractivity contribution is 0.0641. The fourth-order valence-electron chi connectivity index (χ4n) is 1.72. The second-order valence-electron chi connectivity index (χ2n) is 4.44. The first-order valence-corrected chi connectivity index (χ1v) is 6.22. The Labute approximate surface area is 110 Å². The molecule has 0 bridgehead atoms. The summed E-state index contributed by atoms with van der Waals surface area (Å²) >= 11 is 11.5. The number of nitrogens with one attached hydrogen (secondary N) is 1. The minimum absolute atomic E-state index is 0.224. The molecular formula is C11H14Cl2N2O2. The number of aromatic nitrogens is 1. The van der Waals surface area contributed by atoms with Gasteiger partial charge in [0.15, 0.2) is 0 Å². The molecule has 6 heteroatoms. The number of hydrogen-bond donors (Lipinski definition) is 2. The lowest BCUT2D eigenvalue weighted by Crippen LogP contribution is -2.35. The molecule has 2 rings (SSSR count). The monoisotopic (exact) mass is 276 g/mol. The molecule has 1 aliphatic carbocycles. The summed E-state index contributed by atoms with van der Waals surface area (Å²) < 4.78 is 0. The molecule has 1 aromatic heterocycles. The third-order valence-corrected chi connectivity index (χ3v) is 3.62. The van der Waals surface area contributed by atoms with Crippen molar-refractivity contribution >= 4 is 29.1 Å². The number of likely N-dealkylation sites (N-methyl/N-ethyl adjacent to an activating group) is 1. The first-order valence-electron chi connectivity index (χ1n) is 5.46. The maximum Gasteiger partial charge on any atom is 0.270 e. The van der Waals surface area contributed by atoms with E-state index in [9.17, 15) is 9.90 Å². The molecule has 0 radical (unpaired) electrons. The number of aliphatic hydroxyl groups excluding tert-OH is 1. The van der Waals surface area contributed by atoms with Gasteiger partial charge in [-0.3, -0.25) is 4.79 Å². The van der Waals surface area contributed by atoms with Gasteiger partial charge in [-0.2, -0.15) is 0 Å². The maximum absolute atomic E-state index is 12.0. The lowest BCUT2D eigenvalue weighted by Gasteiger charge is -2.20. The summed E-state index contributed by atoms with van der Waals surface area (Å²) in [6.07, 6.45) is 1.65. The van der Waals surface area contributed by atoms with Crippen molar-refractivity contribution in [2.24, 2.45) is 5.92 Å². The summed E-state index contributed by atoms with van der Waals surface area (Å²) in [5, 5.41) is 10.3. The zero-order valence-electron chi connectivity index (χ0n) is 9.41. The van der Waals surface area contributed by atoms with E-state index in [-0.39, 0.29) is 11.1 Å². The molecule has 1 atom stereocenters. The summed E-state index contributed by atoms with van der Waals surface area (Å²) in [6, 6.07) is 1.49. The molecule has 1 fully saturated rings. The van der Waals surface area contributed by atoms with Crippen molar-refractivity contribution in [2.45, 2.75) is 18.9 Å². The second kappa shape index (κ2) is 4.88. The molecule has 17 heavy (non-hydrogen) atoms. The zero-order valence-corrected chi connectivity index (χ0v) is 10.9. The molecule has 0 aliphatic heterocycles. The normalized spacial score (nSPS) is 16.9. The molecule has 0 saturated heterocycles. The number of hydrogen-bond acceptors (Lipinski definition) is 2. The summed E-state index contributed by atoms with van der Waals surface area (Å²) in [5.41, 5.74) is 0.338. The molecule has 1 unspecified atom stereocenters. The van der Waals surface area contributed by atoms with Gasteiger partial charge in [0.2, 0.25) is 0 Å². The smallest absolute Gasteiger partial charge is 0.270 e. The quantitative estimate of drug-likeness (QED) is 0.886. The van der Waals surface area contributed by atoms with Gasteiger partial charge >= 0.3 is 0 Å². The third-order valence-electron chi connectivity index (χ3n) is 2.93. The highest BCUT2D eigenvalue weighted by atomic mass is 35.5. The van der Waals surface area contributed by atoms with Crippen LogP contribution in [0, 0.1) is 5.92 Å². The average molecular weight is 277 g/mol. The minimum Gasteiger partial charge on any atom is -0.391 e. The Morgan fingerprint density at radius 3 is 2.76 bits per heavy atom. The van der Waals surface area contributed by atoms with Crippen LogP contribution in [-0.4, -0.2) is 40.6 Å². The Kier molecular flexibility index (Phi) is 3.66. The molecule has 1 amide bonds. The molecule has 1 aromatic rings. The van der Waals surface area contributed by atoms with Gasteiger partial charge in [0.1, 0.15) is 10.8 Å². The van der Waals surface area contributed by atoms with Crippen LogP contribution in [0.15, 0.2) is 6.07 Å². The van der Waals surface area contributed by atoms with Crippen LogP contribution in [0.5, 0.6) is 0 Å². The third kappa shape index (κ3) is 2.94. The van der Waals surface area contributed by atoms with E-state index >= 15 is 0 Å². The predicted molar refractivity (Wildman–Crippen MR) is 66.5 cm³/mol. The van der Waals surface area contributed by atoms with Crippen molar-refractivity contribution in [3.05, 3.63) is 21.9 Å². The highest BCUT2D eigenvalue weighted by Gasteiger charge is 2.31. The Morgan fingerprint density at radius 1 is 1.65 bits per heavy atom. The summed E-state index contributed by atoms with van der Waals surface area (Å²) in [7, 11) is 1.65. The van der Waals surface area contributed by atoms with Gasteiger partial charge in [0.05, 0.1) is 11.1 Å². The zero-order chi connectivity index (χ0) is 12.6. The van der Waals surface area contributed by atoms with Crippen molar-refractivity contribution in [1.82, 2.24) is 9.88 Å². The van der Waals surface area contributed by atoms with Crippen LogP contribution < -0.4 is 0 Å². The number of halogens is 2. The Bertz CT molecular complexity index is 410. The van der Waals surface area contributed by atoms with Crippen molar-refractivity contribution in [1.29, 1.82) is 0 Å². The van der Waals surface area contributed by atoms with E-state index in [1.54, 1.807) is 7.05 Å². The standard InChI is InChI=1S/C11H14Cl2N2O2/c1-15(5-9(16)6-2-3-6)11(17)8-4-7(12)10(13)14-8/h4,6,9,14,16H,2-3,5H2,1H3. The van der Waals surface area contributed by atoms with E-state index < -0.39 is 6.10 Å². The van der Waals surface area contributed by atoms with Gasteiger partial charge in [-0.1, -0.05) is 23.2 Å². The molecule has 4 nitrogen and oxygen atoms in total. The Morgan fingerprint density at radius 2 is 2.29 bits per heavy atom. The fourth-order valence-corrected chi connectivity index (χ4v) is 2.03. The molecule has 1 heterocycles. The predicted octanol–water partition coefficient (Wildman–Crippen LogP) is 2.16. The largest absolute Gasteiger partial charge is 0.391 e. The first kappa shape index (κ1) is 12.7. The number of rotatable bonds is 4. The molecule has 0 spiro atoms. The van der Waals surface area contributed by atoms with E-state index in [0.29, 0.717) is 23.2 Å². The van der Waals surface area contributed by atoms with Crippen LogP contribution in [-0.2, 0) is 0 Å². The van der Waals surface area contributed by atoms with Crippen molar-refractivity contribution < 1.29 is 9.90 Å². The van der Waals surface area contributed by atoms with Crippen molar-refractivity contribution in [2.75, 3.05) is 13.6 Å². The molecule has 1 saturated carbocycles. The highest BCUT2D eigenvalue weighted by Crippen LogP contribution is 2.32. The van der Waals surface area contributed by atoms with E-state index in [2.05, 4.69) is 4.98 Å².